The van der Waals surface area contributed by atoms with Crippen LogP contribution >= 0.6 is 11.8 Å². The average molecular weight is 355 g/mol. The number of thioether (sulfide) groups is 1. The van der Waals surface area contributed by atoms with Gasteiger partial charge in [-0.1, -0.05) is 12.1 Å². The van der Waals surface area contributed by atoms with E-state index in [-0.39, 0.29) is 41.6 Å². The lowest BCUT2D eigenvalue weighted by Gasteiger charge is -2.17. The minimum absolute atomic E-state index is 0.0115. The Morgan fingerprint density at radius 3 is 2.46 bits per heavy atom. The number of benzene rings is 1. The number of amides is 3. The average Bonchev–Trinajstić information content (AvgIpc) is 2.48. The van der Waals surface area contributed by atoms with Gasteiger partial charge in [-0.05, 0) is 26.0 Å². The summed E-state index contributed by atoms with van der Waals surface area (Å²) in [5.41, 5.74) is 0.108. The number of para-hydroxylation sites is 1. The number of nitrogens with one attached hydrogen (secondary N) is 2. The number of halogens is 1. The fourth-order valence-corrected chi connectivity index (χ4v) is 2.52. The number of likely N-dealkylation sites (N-methyl/N-ethyl adjacent to an activating group) is 1. The molecule has 0 aliphatic rings. The zero-order valence-corrected chi connectivity index (χ0v) is 14.8. The summed E-state index contributed by atoms with van der Waals surface area (Å²) in [6.07, 6.45) is 0. The van der Waals surface area contributed by atoms with Crippen molar-refractivity contribution in [3.05, 3.63) is 30.1 Å². The molecule has 132 valence electrons. The van der Waals surface area contributed by atoms with Crippen molar-refractivity contribution in [2.45, 2.75) is 19.9 Å². The minimum atomic E-state index is -0.511. The van der Waals surface area contributed by atoms with Gasteiger partial charge in [-0.2, -0.15) is 0 Å². The maximum absolute atomic E-state index is 13.4. The summed E-state index contributed by atoms with van der Waals surface area (Å²) in [5, 5.41) is 5.14. The first kappa shape index (κ1) is 20.0. The van der Waals surface area contributed by atoms with E-state index in [1.807, 2.05) is 13.8 Å². The Bertz CT molecular complexity index is 596. The van der Waals surface area contributed by atoms with Crippen LogP contribution in [0.3, 0.4) is 0 Å². The van der Waals surface area contributed by atoms with Gasteiger partial charge in [-0.15, -0.1) is 11.8 Å². The third-order valence-electron chi connectivity index (χ3n) is 2.86. The molecule has 3 amide bonds. The van der Waals surface area contributed by atoms with Crippen LogP contribution in [0.4, 0.5) is 10.1 Å². The van der Waals surface area contributed by atoms with Crippen LogP contribution in [-0.2, 0) is 14.4 Å². The van der Waals surface area contributed by atoms with Crippen molar-refractivity contribution in [1.29, 1.82) is 0 Å². The Labute approximate surface area is 145 Å². The summed E-state index contributed by atoms with van der Waals surface area (Å²) >= 11 is 1.11. The maximum atomic E-state index is 13.4. The SMILES string of the molecule is CC(C)NC(=O)CN(C)C(=O)CSCC(=O)Nc1ccccc1F. The maximum Gasteiger partial charge on any atom is 0.239 e. The Hall–Kier alpha value is -2.09. The molecular weight excluding hydrogens is 333 g/mol. The van der Waals surface area contributed by atoms with Gasteiger partial charge in [0.2, 0.25) is 17.7 Å². The molecule has 0 saturated heterocycles. The highest BCUT2D eigenvalue weighted by Crippen LogP contribution is 2.13. The highest BCUT2D eigenvalue weighted by molar-refractivity contribution is 8.00. The van der Waals surface area contributed by atoms with Gasteiger partial charge in [-0.3, -0.25) is 14.4 Å². The fraction of sp³-hybridized carbons (Fsp3) is 0.438. The first-order chi connectivity index (χ1) is 11.3. The van der Waals surface area contributed by atoms with Crippen molar-refractivity contribution in [2.24, 2.45) is 0 Å². The van der Waals surface area contributed by atoms with E-state index >= 15 is 0 Å². The number of carbonyl (C=O) groups is 3. The molecular formula is C16H22FN3O3S. The number of carbonyl (C=O) groups excluding carboxylic acids is 3. The van der Waals surface area contributed by atoms with Crippen molar-refractivity contribution in [3.8, 4) is 0 Å². The van der Waals surface area contributed by atoms with Crippen LogP contribution in [0.5, 0.6) is 0 Å². The lowest BCUT2D eigenvalue weighted by molar-refractivity contribution is -0.132. The largest absolute Gasteiger partial charge is 0.352 e. The molecule has 1 aromatic rings. The Balaban J connectivity index is 2.30. The van der Waals surface area contributed by atoms with E-state index in [2.05, 4.69) is 10.6 Å². The van der Waals surface area contributed by atoms with Gasteiger partial charge >= 0.3 is 0 Å². The number of nitrogens with zero attached hydrogens (tertiary/aromatic N) is 1. The number of hydrogen-bond acceptors (Lipinski definition) is 4. The molecule has 0 unspecified atom stereocenters. The van der Waals surface area contributed by atoms with E-state index in [9.17, 15) is 18.8 Å². The van der Waals surface area contributed by atoms with Gasteiger partial charge in [0.1, 0.15) is 5.82 Å². The smallest absolute Gasteiger partial charge is 0.239 e. The van der Waals surface area contributed by atoms with Crippen molar-refractivity contribution in [1.82, 2.24) is 10.2 Å². The minimum Gasteiger partial charge on any atom is -0.352 e. The van der Waals surface area contributed by atoms with Gasteiger partial charge in [-0.25, -0.2) is 4.39 Å². The Kier molecular flexibility index (Phi) is 8.25. The van der Waals surface area contributed by atoms with E-state index in [0.717, 1.165) is 11.8 Å². The molecule has 0 aliphatic carbocycles. The molecule has 1 rings (SSSR count). The van der Waals surface area contributed by atoms with E-state index in [1.165, 1.54) is 30.1 Å². The van der Waals surface area contributed by atoms with Gasteiger partial charge < -0.3 is 15.5 Å². The predicted octanol–water partition coefficient (Wildman–Crippen LogP) is 1.48. The molecule has 0 saturated carbocycles. The Morgan fingerprint density at radius 1 is 1.17 bits per heavy atom. The summed E-state index contributed by atoms with van der Waals surface area (Å²) in [4.78, 5) is 36.5. The predicted molar refractivity (Wildman–Crippen MR) is 93.3 cm³/mol. The molecule has 0 spiro atoms. The van der Waals surface area contributed by atoms with Crippen LogP contribution in [0.25, 0.3) is 0 Å². The third kappa shape index (κ3) is 7.45. The molecule has 0 heterocycles. The van der Waals surface area contributed by atoms with Gasteiger partial charge in [0.05, 0.1) is 23.7 Å². The Morgan fingerprint density at radius 2 is 1.83 bits per heavy atom. The van der Waals surface area contributed by atoms with Crippen LogP contribution in [-0.4, -0.2) is 53.8 Å². The molecule has 1 aromatic carbocycles. The molecule has 0 aliphatic heterocycles. The van der Waals surface area contributed by atoms with Gasteiger partial charge in [0, 0.05) is 13.1 Å². The molecule has 0 radical (unpaired) electrons. The lowest BCUT2D eigenvalue weighted by atomic mass is 10.3. The summed E-state index contributed by atoms with van der Waals surface area (Å²) in [5.74, 6) is -1.30. The number of hydrogen-bond donors (Lipinski definition) is 2. The summed E-state index contributed by atoms with van der Waals surface area (Å²) in [7, 11) is 1.53. The van der Waals surface area contributed by atoms with Crippen LogP contribution in [0.1, 0.15) is 13.8 Å². The van der Waals surface area contributed by atoms with E-state index in [1.54, 1.807) is 6.07 Å². The first-order valence-electron chi connectivity index (χ1n) is 7.45. The normalized spacial score (nSPS) is 10.4. The zero-order chi connectivity index (χ0) is 18.1. The fourth-order valence-electron chi connectivity index (χ4n) is 1.76. The molecule has 0 atom stereocenters. The topological polar surface area (TPSA) is 78.5 Å². The van der Waals surface area contributed by atoms with E-state index < -0.39 is 11.7 Å². The molecule has 2 N–H and O–H groups in total. The third-order valence-corrected chi connectivity index (χ3v) is 3.78. The number of rotatable bonds is 8. The standard InChI is InChI=1S/C16H22FN3O3S/c1-11(2)18-14(21)8-20(3)16(23)10-24-9-15(22)19-13-7-5-4-6-12(13)17/h4-7,11H,8-10H2,1-3H3,(H,18,21)(H,19,22). The first-order valence-corrected chi connectivity index (χ1v) is 8.60. The van der Waals surface area contributed by atoms with Gasteiger partial charge in [0.15, 0.2) is 0 Å². The van der Waals surface area contributed by atoms with Crippen molar-refractivity contribution >= 4 is 35.2 Å². The van der Waals surface area contributed by atoms with E-state index in [4.69, 9.17) is 0 Å². The highest BCUT2D eigenvalue weighted by Gasteiger charge is 2.14. The lowest BCUT2D eigenvalue weighted by Crippen LogP contribution is -2.41. The highest BCUT2D eigenvalue weighted by atomic mass is 32.2. The number of anilines is 1. The molecule has 6 nitrogen and oxygen atoms in total. The molecule has 0 bridgehead atoms. The molecule has 24 heavy (non-hydrogen) atoms. The van der Waals surface area contributed by atoms with Crippen LogP contribution in [0.15, 0.2) is 24.3 Å². The quantitative estimate of drug-likeness (QED) is 0.740. The second-order valence-electron chi connectivity index (χ2n) is 5.49. The summed E-state index contributed by atoms with van der Waals surface area (Å²) < 4.78 is 13.4. The van der Waals surface area contributed by atoms with Crippen LogP contribution in [0.2, 0.25) is 0 Å². The zero-order valence-electron chi connectivity index (χ0n) is 14.0. The molecule has 0 fully saturated rings. The van der Waals surface area contributed by atoms with Crippen molar-refractivity contribution in [2.75, 3.05) is 30.4 Å². The monoisotopic (exact) mass is 355 g/mol. The second kappa shape index (κ2) is 9.92. The summed E-state index contributed by atoms with van der Waals surface area (Å²) in [6.45, 7) is 3.65. The second-order valence-corrected chi connectivity index (χ2v) is 6.48. The van der Waals surface area contributed by atoms with Gasteiger partial charge in [0.25, 0.3) is 0 Å². The van der Waals surface area contributed by atoms with Crippen molar-refractivity contribution < 1.29 is 18.8 Å². The van der Waals surface area contributed by atoms with Crippen LogP contribution in [0, 0.1) is 5.82 Å². The van der Waals surface area contributed by atoms with E-state index in [0.29, 0.717) is 0 Å². The molecule has 0 aromatic heterocycles. The molecule has 8 heteroatoms. The van der Waals surface area contributed by atoms with Crippen molar-refractivity contribution in [3.63, 3.8) is 0 Å². The summed E-state index contributed by atoms with van der Waals surface area (Å²) in [6, 6.07) is 5.88. The van der Waals surface area contributed by atoms with Crippen LogP contribution < -0.4 is 10.6 Å².